The number of nitrogens with zero attached hydrogens (tertiary/aromatic N) is 1. The summed E-state index contributed by atoms with van der Waals surface area (Å²) >= 11 is 0. The molecule has 6 heteroatoms. The summed E-state index contributed by atoms with van der Waals surface area (Å²) in [6.45, 7) is 0. The predicted octanol–water partition coefficient (Wildman–Crippen LogP) is 0.389. The number of benzene rings is 1. The highest BCUT2D eigenvalue weighted by atomic mass is 16.5. The van der Waals surface area contributed by atoms with Gasteiger partial charge in [0.05, 0.1) is 0 Å². The maximum absolute atomic E-state index is 11.3. The molecule has 0 aliphatic rings. The molecule has 0 atom stereocenters. The summed E-state index contributed by atoms with van der Waals surface area (Å²) in [7, 11) is 1.56. The van der Waals surface area contributed by atoms with Gasteiger partial charge in [-0.15, -0.1) is 0 Å². The molecule has 0 spiro atoms. The van der Waals surface area contributed by atoms with E-state index in [1.165, 1.54) is 0 Å². The van der Waals surface area contributed by atoms with Crippen molar-refractivity contribution in [3.05, 3.63) is 40.4 Å². The highest BCUT2D eigenvalue weighted by Crippen LogP contribution is 2.13. The van der Waals surface area contributed by atoms with Gasteiger partial charge >= 0.3 is 5.76 Å². The van der Waals surface area contributed by atoms with Gasteiger partial charge in [-0.3, -0.25) is 14.3 Å². The Morgan fingerprint density at radius 2 is 2.06 bits per heavy atom. The van der Waals surface area contributed by atoms with E-state index in [9.17, 15) is 9.59 Å². The first-order chi connectivity index (χ1) is 7.70. The predicted molar refractivity (Wildman–Crippen MR) is 55.9 cm³/mol. The lowest BCUT2D eigenvalue weighted by Gasteiger charge is -1.99. The van der Waals surface area contributed by atoms with E-state index in [1.54, 1.807) is 31.3 Å². The van der Waals surface area contributed by atoms with Crippen LogP contribution in [0.4, 0.5) is 0 Å². The van der Waals surface area contributed by atoms with Crippen LogP contribution in [-0.2, 0) is 0 Å². The molecule has 1 amide bonds. The molecule has 1 aromatic heterocycles. The van der Waals surface area contributed by atoms with E-state index >= 15 is 0 Å². The number of nitrogens with one attached hydrogen (secondary N) is 2. The van der Waals surface area contributed by atoms with Crippen LogP contribution in [0.2, 0.25) is 0 Å². The number of aromatic nitrogens is 2. The van der Waals surface area contributed by atoms with E-state index in [-0.39, 0.29) is 5.91 Å². The molecule has 0 fully saturated rings. The van der Waals surface area contributed by atoms with Gasteiger partial charge in [0.2, 0.25) is 0 Å². The second-order valence-corrected chi connectivity index (χ2v) is 3.10. The van der Waals surface area contributed by atoms with Crippen molar-refractivity contribution in [2.75, 3.05) is 7.05 Å². The molecule has 2 rings (SSSR count). The standard InChI is InChI=1S/C10H9N3O3/c1-11-9(14)7-4-2-6(3-5-7)8-12-10(15)16-13-8/h2-5H,1H3,(H,11,14)(H,12,13,15). The SMILES string of the molecule is CNC(=O)c1ccc(-c2noc(=O)[nH]2)cc1. The number of hydrogen-bond acceptors (Lipinski definition) is 4. The minimum absolute atomic E-state index is 0.166. The molecule has 0 aliphatic heterocycles. The number of carbonyl (C=O) groups is 1. The minimum atomic E-state index is -0.606. The maximum atomic E-state index is 11.3. The number of hydrogen-bond donors (Lipinski definition) is 2. The van der Waals surface area contributed by atoms with Gasteiger partial charge in [0.25, 0.3) is 5.91 Å². The second kappa shape index (κ2) is 4.01. The quantitative estimate of drug-likeness (QED) is 0.764. The van der Waals surface area contributed by atoms with Crippen molar-refractivity contribution in [2.24, 2.45) is 0 Å². The first kappa shape index (κ1) is 10.2. The molecule has 0 radical (unpaired) electrons. The molecule has 1 heterocycles. The third-order valence-corrected chi connectivity index (χ3v) is 2.09. The molecule has 0 bridgehead atoms. The molecule has 2 N–H and O–H groups in total. The van der Waals surface area contributed by atoms with Crippen LogP contribution in [0.1, 0.15) is 10.4 Å². The third kappa shape index (κ3) is 1.85. The van der Waals surface area contributed by atoms with Gasteiger partial charge in [0.15, 0.2) is 5.82 Å². The highest BCUT2D eigenvalue weighted by Gasteiger charge is 2.06. The topological polar surface area (TPSA) is 88.0 Å². The largest absolute Gasteiger partial charge is 0.439 e. The van der Waals surface area contributed by atoms with Gasteiger partial charge in [0.1, 0.15) is 0 Å². The maximum Gasteiger partial charge on any atom is 0.439 e. The van der Waals surface area contributed by atoms with Gasteiger partial charge in [-0.05, 0) is 12.1 Å². The minimum Gasteiger partial charge on any atom is -0.355 e. The number of rotatable bonds is 2. The van der Waals surface area contributed by atoms with Crippen molar-refractivity contribution in [3.63, 3.8) is 0 Å². The van der Waals surface area contributed by atoms with Crippen LogP contribution in [0.25, 0.3) is 11.4 Å². The first-order valence-electron chi connectivity index (χ1n) is 4.59. The van der Waals surface area contributed by atoms with Crippen LogP contribution in [0.15, 0.2) is 33.6 Å². The van der Waals surface area contributed by atoms with Gasteiger partial charge in [-0.1, -0.05) is 17.3 Å². The molecule has 0 unspecified atom stereocenters. The number of aromatic amines is 1. The molecule has 0 aliphatic carbocycles. The Morgan fingerprint density at radius 1 is 1.38 bits per heavy atom. The smallest absolute Gasteiger partial charge is 0.355 e. The summed E-state index contributed by atoms with van der Waals surface area (Å²) in [4.78, 5) is 24.4. The molecule has 6 nitrogen and oxygen atoms in total. The van der Waals surface area contributed by atoms with Crippen LogP contribution in [0.5, 0.6) is 0 Å². The highest BCUT2D eigenvalue weighted by molar-refractivity contribution is 5.94. The van der Waals surface area contributed by atoms with E-state index in [4.69, 9.17) is 0 Å². The Bertz CT molecular complexity index is 553. The Labute approximate surface area is 90.3 Å². The fourth-order valence-electron chi connectivity index (χ4n) is 1.28. The lowest BCUT2D eigenvalue weighted by molar-refractivity contribution is 0.0963. The third-order valence-electron chi connectivity index (χ3n) is 2.09. The summed E-state index contributed by atoms with van der Waals surface area (Å²) in [5.41, 5.74) is 1.22. The van der Waals surface area contributed by atoms with Crippen molar-refractivity contribution < 1.29 is 9.32 Å². The van der Waals surface area contributed by atoms with Crippen LogP contribution < -0.4 is 11.1 Å². The van der Waals surface area contributed by atoms with E-state index in [0.29, 0.717) is 17.0 Å². The van der Waals surface area contributed by atoms with E-state index in [0.717, 1.165) is 0 Å². The van der Waals surface area contributed by atoms with Crippen LogP contribution >= 0.6 is 0 Å². The lowest BCUT2D eigenvalue weighted by Crippen LogP contribution is -2.17. The average Bonchev–Trinajstić information content (AvgIpc) is 2.75. The van der Waals surface area contributed by atoms with Crippen molar-refractivity contribution in [2.45, 2.75) is 0 Å². The average molecular weight is 219 g/mol. The Hall–Kier alpha value is -2.37. The second-order valence-electron chi connectivity index (χ2n) is 3.10. The van der Waals surface area contributed by atoms with Crippen molar-refractivity contribution >= 4 is 5.91 Å². The molecule has 1 aromatic carbocycles. The molecule has 0 saturated carbocycles. The van der Waals surface area contributed by atoms with Crippen LogP contribution in [0.3, 0.4) is 0 Å². The van der Waals surface area contributed by atoms with E-state index in [1.807, 2.05) is 0 Å². The lowest BCUT2D eigenvalue weighted by atomic mass is 10.1. The zero-order chi connectivity index (χ0) is 11.5. The molecule has 16 heavy (non-hydrogen) atoms. The monoisotopic (exact) mass is 219 g/mol. The summed E-state index contributed by atoms with van der Waals surface area (Å²) < 4.78 is 4.38. The fraction of sp³-hybridized carbons (Fsp3) is 0.100. The van der Waals surface area contributed by atoms with Gasteiger partial charge in [-0.25, -0.2) is 4.79 Å². The number of carbonyl (C=O) groups excluding carboxylic acids is 1. The first-order valence-corrected chi connectivity index (χ1v) is 4.59. The van der Waals surface area contributed by atoms with Gasteiger partial charge < -0.3 is 5.32 Å². The van der Waals surface area contributed by atoms with Gasteiger partial charge in [0, 0.05) is 18.2 Å². The Kier molecular flexibility index (Phi) is 2.55. The van der Waals surface area contributed by atoms with E-state index < -0.39 is 5.76 Å². The zero-order valence-corrected chi connectivity index (χ0v) is 8.48. The van der Waals surface area contributed by atoms with Gasteiger partial charge in [-0.2, -0.15) is 0 Å². The number of H-pyrrole nitrogens is 1. The molecule has 2 aromatic rings. The van der Waals surface area contributed by atoms with E-state index in [2.05, 4.69) is 20.0 Å². The summed E-state index contributed by atoms with van der Waals surface area (Å²) in [6, 6.07) is 6.64. The Balaban J connectivity index is 2.32. The Morgan fingerprint density at radius 3 is 2.56 bits per heavy atom. The molecule has 0 saturated heterocycles. The normalized spacial score (nSPS) is 10.1. The van der Waals surface area contributed by atoms with Crippen molar-refractivity contribution in [1.29, 1.82) is 0 Å². The van der Waals surface area contributed by atoms with Crippen molar-refractivity contribution in [3.8, 4) is 11.4 Å². The number of amides is 1. The molecular weight excluding hydrogens is 210 g/mol. The summed E-state index contributed by atoms with van der Waals surface area (Å²) in [6.07, 6.45) is 0. The van der Waals surface area contributed by atoms with Crippen LogP contribution in [0, 0.1) is 0 Å². The zero-order valence-electron chi connectivity index (χ0n) is 8.48. The molecule has 82 valence electrons. The van der Waals surface area contributed by atoms with Crippen LogP contribution in [-0.4, -0.2) is 23.1 Å². The summed E-state index contributed by atoms with van der Waals surface area (Å²) in [5, 5.41) is 6.05. The summed E-state index contributed by atoms with van der Waals surface area (Å²) in [5.74, 6) is -0.431. The van der Waals surface area contributed by atoms with Crippen molar-refractivity contribution in [1.82, 2.24) is 15.5 Å². The molecular formula is C10H9N3O3. The fourth-order valence-corrected chi connectivity index (χ4v) is 1.28.